The van der Waals surface area contributed by atoms with Crippen molar-refractivity contribution in [1.82, 2.24) is 0 Å². The Balaban J connectivity index is 0.00000128. The topological polar surface area (TPSA) is 55.1 Å². The zero-order valence-electron chi connectivity index (χ0n) is 8.70. The molecule has 0 atom stereocenters. The molecule has 3 N–H and O–H groups in total. The molecule has 0 bridgehead atoms. The number of carbonyl (C=O) groups is 1. The minimum Gasteiger partial charge on any atom is -0.324 e. The standard InChI is InChI=1S/C11H13ClN2O.ClH/c12-8-3-1-4-9(7-8)14-10(15)11(13)5-2-6-11;/h1,3-4,7H,2,5-6,13H2,(H,14,15);1H. The molecule has 0 unspecified atom stereocenters. The molecular weight excluding hydrogens is 247 g/mol. The molecule has 1 aromatic rings. The van der Waals surface area contributed by atoms with Crippen molar-refractivity contribution in [2.24, 2.45) is 5.73 Å². The highest BCUT2D eigenvalue weighted by Gasteiger charge is 2.40. The summed E-state index contributed by atoms with van der Waals surface area (Å²) in [6.07, 6.45) is 2.55. The van der Waals surface area contributed by atoms with Gasteiger partial charge >= 0.3 is 0 Å². The lowest BCUT2D eigenvalue weighted by atomic mass is 9.77. The Bertz CT molecular complexity index is 391. The summed E-state index contributed by atoms with van der Waals surface area (Å²) in [6, 6.07) is 7.06. The molecule has 1 aliphatic rings. The number of nitrogens with two attached hydrogens (primary N) is 1. The third-order valence-corrected chi connectivity index (χ3v) is 3.02. The molecule has 3 nitrogen and oxygen atoms in total. The molecule has 1 saturated carbocycles. The third-order valence-electron chi connectivity index (χ3n) is 2.78. The summed E-state index contributed by atoms with van der Waals surface area (Å²) in [6.45, 7) is 0. The molecule has 0 spiro atoms. The summed E-state index contributed by atoms with van der Waals surface area (Å²) >= 11 is 5.81. The molecule has 5 heteroatoms. The molecule has 0 saturated heterocycles. The van der Waals surface area contributed by atoms with Gasteiger partial charge in [-0.15, -0.1) is 12.4 Å². The van der Waals surface area contributed by atoms with Gasteiger partial charge in [0.25, 0.3) is 0 Å². The molecule has 0 radical (unpaired) electrons. The van der Waals surface area contributed by atoms with Crippen LogP contribution in [-0.2, 0) is 4.79 Å². The van der Waals surface area contributed by atoms with Crippen LogP contribution in [0.4, 0.5) is 5.69 Å². The zero-order valence-corrected chi connectivity index (χ0v) is 10.3. The Hall–Kier alpha value is -0.770. The van der Waals surface area contributed by atoms with Gasteiger partial charge in [-0.2, -0.15) is 0 Å². The number of rotatable bonds is 2. The Morgan fingerprint density at radius 1 is 1.44 bits per heavy atom. The number of carbonyl (C=O) groups excluding carboxylic acids is 1. The average Bonchev–Trinajstić information content (AvgIpc) is 2.14. The van der Waals surface area contributed by atoms with Gasteiger partial charge < -0.3 is 11.1 Å². The van der Waals surface area contributed by atoms with E-state index in [0.29, 0.717) is 10.7 Å². The highest BCUT2D eigenvalue weighted by Crippen LogP contribution is 2.30. The fraction of sp³-hybridized carbons (Fsp3) is 0.364. The largest absolute Gasteiger partial charge is 0.324 e. The predicted molar refractivity (Wildman–Crippen MR) is 68.1 cm³/mol. The summed E-state index contributed by atoms with van der Waals surface area (Å²) in [5.41, 5.74) is 5.92. The fourth-order valence-corrected chi connectivity index (χ4v) is 1.80. The molecule has 1 aliphatic carbocycles. The van der Waals surface area contributed by atoms with Gasteiger partial charge in [-0.1, -0.05) is 17.7 Å². The first-order valence-corrected chi connectivity index (χ1v) is 5.34. The average molecular weight is 261 g/mol. The smallest absolute Gasteiger partial charge is 0.244 e. The SMILES string of the molecule is Cl.NC1(C(=O)Nc2cccc(Cl)c2)CCC1. The number of anilines is 1. The molecule has 16 heavy (non-hydrogen) atoms. The second-order valence-electron chi connectivity index (χ2n) is 3.97. The van der Waals surface area contributed by atoms with Crippen LogP contribution in [0.15, 0.2) is 24.3 Å². The van der Waals surface area contributed by atoms with E-state index in [9.17, 15) is 4.79 Å². The van der Waals surface area contributed by atoms with E-state index in [4.69, 9.17) is 17.3 Å². The van der Waals surface area contributed by atoms with Crippen molar-refractivity contribution in [3.05, 3.63) is 29.3 Å². The minimum absolute atomic E-state index is 0. The van der Waals surface area contributed by atoms with Crippen LogP contribution in [0.3, 0.4) is 0 Å². The van der Waals surface area contributed by atoms with Gasteiger partial charge in [-0.3, -0.25) is 4.79 Å². The number of nitrogens with one attached hydrogen (secondary N) is 1. The van der Waals surface area contributed by atoms with Gasteiger partial charge in [-0.25, -0.2) is 0 Å². The van der Waals surface area contributed by atoms with Crippen LogP contribution in [0, 0.1) is 0 Å². The molecule has 1 amide bonds. The maximum absolute atomic E-state index is 11.7. The van der Waals surface area contributed by atoms with E-state index in [1.54, 1.807) is 24.3 Å². The third kappa shape index (κ3) is 2.67. The van der Waals surface area contributed by atoms with Gasteiger partial charge in [0, 0.05) is 10.7 Å². The first-order chi connectivity index (χ1) is 7.10. The molecule has 1 aromatic carbocycles. The summed E-state index contributed by atoms with van der Waals surface area (Å²) in [7, 11) is 0. The van der Waals surface area contributed by atoms with Gasteiger partial charge in [0.15, 0.2) is 0 Å². The Morgan fingerprint density at radius 3 is 2.62 bits per heavy atom. The van der Waals surface area contributed by atoms with Crippen molar-refractivity contribution in [2.45, 2.75) is 24.8 Å². The van der Waals surface area contributed by atoms with Gasteiger partial charge in [0.2, 0.25) is 5.91 Å². The van der Waals surface area contributed by atoms with Crippen molar-refractivity contribution in [1.29, 1.82) is 0 Å². The van der Waals surface area contributed by atoms with E-state index in [-0.39, 0.29) is 18.3 Å². The number of amides is 1. The van der Waals surface area contributed by atoms with E-state index in [0.717, 1.165) is 19.3 Å². The molecule has 0 heterocycles. The molecule has 0 aliphatic heterocycles. The van der Waals surface area contributed by atoms with E-state index >= 15 is 0 Å². The van der Waals surface area contributed by atoms with Crippen molar-refractivity contribution in [3.63, 3.8) is 0 Å². The van der Waals surface area contributed by atoms with Gasteiger partial charge in [-0.05, 0) is 37.5 Å². The fourth-order valence-electron chi connectivity index (χ4n) is 1.61. The molecular formula is C11H14Cl2N2O. The van der Waals surface area contributed by atoms with Crippen LogP contribution in [-0.4, -0.2) is 11.4 Å². The van der Waals surface area contributed by atoms with Crippen molar-refractivity contribution < 1.29 is 4.79 Å². The van der Waals surface area contributed by atoms with Crippen molar-refractivity contribution >= 4 is 35.6 Å². The summed E-state index contributed by atoms with van der Waals surface area (Å²) < 4.78 is 0. The monoisotopic (exact) mass is 260 g/mol. The van der Waals surface area contributed by atoms with E-state index in [2.05, 4.69) is 5.32 Å². The van der Waals surface area contributed by atoms with Crippen molar-refractivity contribution in [2.75, 3.05) is 5.32 Å². The highest BCUT2D eigenvalue weighted by atomic mass is 35.5. The maximum Gasteiger partial charge on any atom is 0.244 e. The van der Waals surface area contributed by atoms with Gasteiger partial charge in [0.05, 0.1) is 5.54 Å². The second kappa shape index (κ2) is 5.04. The second-order valence-corrected chi connectivity index (χ2v) is 4.41. The first kappa shape index (κ1) is 13.3. The number of hydrogen-bond donors (Lipinski definition) is 2. The van der Waals surface area contributed by atoms with Crippen LogP contribution in [0.2, 0.25) is 5.02 Å². The summed E-state index contributed by atoms with van der Waals surface area (Å²) in [4.78, 5) is 11.7. The summed E-state index contributed by atoms with van der Waals surface area (Å²) in [5, 5.41) is 3.38. The van der Waals surface area contributed by atoms with Crippen LogP contribution in [0.5, 0.6) is 0 Å². The van der Waals surface area contributed by atoms with Crippen LogP contribution >= 0.6 is 24.0 Å². The Labute approximate surface area is 106 Å². The van der Waals surface area contributed by atoms with E-state index in [1.807, 2.05) is 0 Å². The van der Waals surface area contributed by atoms with E-state index < -0.39 is 5.54 Å². The normalized spacial score (nSPS) is 16.9. The molecule has 88 valence electrons. The number of hydrogen-bond acceptors (Lipinski definition) is 2. The zero-order chi connectivity index (χ0) is 10.9. The lowest BCUT2D eigenvalue weighted by Gasteiger charge is -2.36. The molecule has 2 rings (SSSR count). The van der Waals surface area contributed by atoms with Crippen LogP contribution in [0.1, 0.15) is 19.3 Å². The quantitative estimate of drug-likeness (QED) is 0.859. The highest BCUT2D eigenvalue weighted by molar-refractivity contribution is 6.30. The Kier molecular flexibility index (Phi) is 4.19. The number of benzene rings is 1. The Morgan fingerprint density at radius 2 is 2.12 bits per heavy atom. The van der Waals surface area contributed by atoms with Crippen molar-refractivity contribution in [3.8, 4) is 0 Å². The number of halogens is 2. The van der Waals surface area contributed by atoms with Crippen LogP contribution in [0.25, 0.3) is 0 Å². The molecule has 1 fully saturated rings. The maximum atomic E-state index is 11.7. The lowest BCUT2D eigenvalue weighted by Crippen LogP contribution is -2.56. The van der Waals surface area contributed by atoms with E-state index in [1.165, 1.54) is 0 Å². The first-order valence-electron chi connectivity index (χ1n) is 4.96. The summed E-state index contributed by atoms with van der Waals surface area (Å²) in [5.74, 6) is -0.115. The lowest BCUT2D eigenvalue weighted by molar-refractivity contribution is -0.123. The van der Waals surface area contributed by atoms with Gasteiger partial charge in [0.1, 0.15) is 0 Å². The molecule has 0 aromatic heterocycles. The van der Waals surface area contributed by atoms with Crippen LogP contribution < -0.4 is 11.1 Å². The predicted octanol–water partition coefficient (Wildman–Crippen LogP) is 2.58. The minimum atomic E-state index is -0.664.